The lowest BCUT2D eigenvalue weighted by Crippen LogP contribution is -2.11. The fourth-order valence-corrected chi connectivity index (χ4v) is 2.00. The van der Waals surface area contributed by atoms with Crippen LogP contribution in [-0.4, -0.2) is 21.1 Å². The second-order valence-corrected chi connectivity index (χ2v) is 4.69. The number of benzene rings is 1. The molecule has 5 nitrogen and oxygen atoms in total. The van der Waals surface area contributed by atoms with Gasteiger partial charge in [0, 0.05) is 18.3 Å². The Kier molecular flexibility index (Phi) is 3.36. The molecule has 0 saturated heterocycles. The molecule has 0 bridgehead atoms. The van der Waals surface area contributed by atoms with Gasteiger partial charge in [-0.25, -0.2) is 9.78 Å². The molecule has 1 aromatic carbocycles. The van der Waals surface area contributed by atoms with E-state index in [4.69, 9.17) is 4.74 Å². The third kappa shape index (κ3) is 3.27. The highest BCUT2D eigenvalue weighted by Gasteiger charge is 2.27. The Balaban J connectivity index is 1.78. The lowest BCUT2D eigenvalue weighted by molar-refractivity contribution is -0.127. The standard InChI is InChI=1S/C14H10F3N3O2/c15-14(16,17)6-8-1-4-12(18-7-8)22-9-2-3-10-11(5-9)20-13(21)19-10/h1-5,7H,6H2,(H2,19,20,21). The summed E-state index contributed by atoms with van der Waals surface area (Å²) < 4.78 is 42.2. The van der Waals surface area contributed by atoms with Crippen LogP contribution in [0.5, 0.6) is 11.6 Å². The molecule has 0 unspecified atom stereocenters. The average molecular weight is 309 g/mol. The van der Waals surface area contributed by atoms with Crippen molar-refractivity contribution in [3.63, 3.8) is 0 Å². The van der Waals surface area contributed by atoms with E-state index in [1.54, 1.807) is 18.2 Å². The van der Waals surface area contributed by atoms with Crippen LogP contribution in [0, 0.1) is 0 Å². The molecule has 2 heterocycles. The summed E-state index contributed by atoms with van der Waals surface area (Å²) in [6.07, 6.45) is -4.18. The second kappa shape index (κ2) is 5.21. The second-order valence-electron chi connectivity index (χ2n) is 4.69. The number of aromatic nitrogens is 3. The molecule has 3 aromatic rings. The number of nitrogens with zero attached hydrogens (tertiary/aromatic N) is 1. The number of hydrogen-bond acceptors (Lipinski definition) is 3. The van der Waals surface area contributed by atoms with E-state index in [0.29, 0.717) is 16.8 Å². The summed E-state index contributed by atoms with van der Waals surface area (Å²) in [6.45, 7) is 0. The monoisotopic (exact) mass is 309 g/mol. The molecule has 2 N–H and O–H groups in total. The SMILES string of the molecule is O=c1[nH]c2ccc(Oc3ccc(CC(F)(F)F)cn3)cc2[nH]1. The van der Waals surface area contributed by atoms with Crippen LogP contribution in [0.15, 0.2) is 41.3 Å². The first kappa shape index (κ1) is 14.2. The van der Waals surface area contributed by atoms with Crippen molar-refractivity contribution in [3.8, 4) is 11.6 Å². The zero-order valence-electron chi connectivity index (χ0n) is 11.1. The number of nitrogens with one attached hydrogen (secondary N) is 2. The minimum Gasteiger partial charge on any atom is -0.439 e. The Labute approximate surface area is 121 Å². The van der Waals surface area contributed by atoms with Crippen LogP contribution in [0.2, 0.25) is 0 Å². The molecular weight excluding hydrogens is 299 g/mol. The summed E-state index contributed by atoms with van der Waals surface area (Å²) in [5, 5.41) is 0. The van der Waals surface area contributed by atoms with Gasteiger partial charge < -0.3 is 14.7 Å². The fourth-order valence-electron chi connectivity index (χ4n) is 2.00. The van der Waals surface area contributed by atoms with E-state index >= 15 is 0 Å². The zero-order chi connectivity index (χ0) is 15.7. The van der Waals surface area contributed by atoms with E-state index in [9.17, 15) is 18.0 Å². The van der Waals surface area contributed by atoms with Crippen molar-refractivity contribution in [3.05, 3.63) is 52.6 Å². The molecule has 0 saturated carbocycles. The Morgan fingerprint density at radius 3 is 2.55 bits per heavy atom. The lowest BCUT2D eigenvalue weighted by atomic mass is 10.2. The Hall–Kier alpha value is -2.77. The van der Waals surface area contributed by atoms with Gasteiger partial charge in [-0.2, -0.15) is 13.2 Å². The van der Waals surface area contributed by atoms with Crippen molar-refractivity contribution in [2.45, 2.75) is 12.6 Å². The molecule has 3 rings (SSSR count). The van der Waals surface area contributed by atoms with Gasteiger partial charge in [-0.3, -0.25) is 0 Å². The third-order valence-corrected chi connectivity index (χ3v) is 2.91. The number of alkyl halides is 3. The summed E-state index contributed by atoms with van der Waals surface area (Å²) in [5.74, 6) is 0.585. The maximum atomic E-state index is 12.2. The first-order valence-corrected chi connectivity index (χ1v) is 6.31. The number of pyridine rings is 1. The van der Waals surface area contributed by atoms with E-state index in [0.717, 1.165) is 6.20 Å². The molecule has 0 aliphatic heterocycles. The Bertz CT molecular complexity index is 850. The van der Waals surface area contributed by atoms with E-state index in [-0.39, 0.29) is 17.1 Å². The molecule has 0 spiro atoms. The molecule has 22 heavy (non-hydrogen) atoms. The van der Waals surface area contributed by atoms with Gasteiger partial charge in [0.1, 0.15) is 5.75 Å². The first-order chi connectivity index (χ1) is 10.4. The van der Waals surface area contributed by atoms with Crippen molar-refractivity contribution in [1.29, 1.82) is 0 Å². The van der Waals surface area contributed by atoms with Crippen molar-refractivity contribution < 1.29 is 17.9 Å². The van der Waals surface area contributed by atoms with Crippen LogP contribution >= 0.6 is 0 Å². The highest BCUT2D eigenvalue weighted by Crippen LogP contribution is 2.24. The minimum atomic E-state index is -4.27. The Morgan fingerprint density at radius 1 is 1.09 bits per heavy atom. The smallest absolute Gasteiger partial charge is 0.393 e. The van der Waals surface area contributed by atoms with E-state index < -0.39 is 12.6 Å². The van der Waals surface area contributed by atoms with Gasteiger partial charge in [-0.1, -0.05) is 6.07 Å². The van der Waals surface area contributed by atoms with Crippen LogP contribution in [0.25, 0.3) is 11.0 Å². The number of H-pyrrole nitrogens is 2. The number of fused-ring (bicyclic) bond motifs is 1. The van der Waals surface area contributed by atoms with Gasteiger partial charge >= 0.3 is 11.9 Å². The van der Waals surface area contributed by atoms with Crippen LogP contribution < -0.4 is 10.4 Å². The summed E-state index contributed by atoms with van der Waals surface area (Å²) in [5.41, 5.74) is 0.925. The molecule has 0 radical (unpaired) electrons. The Morgan fingerprint density at radius 2 is 1.86 bits per heavy atom. The van der Waals surface area contributed by atoms with Crippen molar-refractivity contribution in [2.75, 3.05) is 0 Å². The van der Waals surface area contributed by atoms with Crippen molar-refractivity contribution in [1.82, 2.24) is 15.0 Å². The van der Waals surface area contributed by atoms with Gasteiger partial charge in [-0.05, 0) is 17.7 Å². The zero-order valence-corrected chi connectivity index (χ0v) is 11.1. The lowest BCUT2D eigenvalue weighted by Gasteiger charge is -2.07. The molecule has 0 aliphatic carbocycles. The number of rotatable bonds is 3. The molecule has 0 aliphatic rings. The van der Waals surface area contributed by atoms with Crippen LogP contribution in [0.4, 0.5) is 13.2 Å². The van der Waals surface area contributed by atoms with Gasteiger partial charge in [0.25, 0.3) is 0 Å². The van der Waals surface area contributed by atoms with Gasteiger partial charge in [0.05, 0.1) is 17.5 Å². The highest BCUT2D eigenvalue weighted by molar-refractivity contribution is 5.76. The largest absolute Gasteiger partial charge is 0.439 e. The topological polar surface area (TPSA) is 70.8 Å². The molecule has 2 aromatic heterocycles. The normalized spacial score (nSPS) is 11.8. The van der Waals surface area contributed by atoms with Gasteiger partial charge in [0.2, 0.25) is 5.88 Å². The average Bonchev–Trinajstić information content (AvgIpc) is 2.79. The predicted octanol–water partition coefficient (Wildman–Crippen LogP) is 3.15. The number of hydrogen-bond donors (Lipinski definition) is 2. The predicted molar refractivity (Wildman–Crippen MR) is 73.0 cm³/mol. The van der Waals surface area contributed by atoms with Crippen LogP contribution in [0.1, 0.15) is 5.56 Å². The number of halogens is 3. The summed E-state index contributed by atoms with van der Waals surface area (Å²) in [4.78, 5) is 20.2. The molecule has 0 amide bonds. The van der Waals surface area contributed by atoms with Gasteiger partial charge in [-0.15, -0.1) is 0 Å². The van der Waals surface area contributed by atoms with Crippen LogP contribution in [-0.2, 0) is 6.42 Å². The summed E-state index contributed by atoms with van der Waals surface area (Å²) in [7, 11) is 0. The van der Waals surface area contributed by atoms with Gasteiger partial charge in [0.15, 0.2) is 0 Å². The summed E-state index contributed by atoms with van der Waals surface area (Å²) in [6, 6.07) is 7.55. The maximum Gasteiger partial charge on any atom is 0.393 e. The molecule has 114 valence electrons. The van der Waals surface area contributed by atoms with Crippen LogP contribution in [0.3, 0.4) is 0 Å². The third-order valence-electron chi connectivity index (χ3n) is 2.91. The van der Waals surface area contributed by atoms with E-state index in [1.165, 1.54) is 12.1 Å². The molecule has 0 fully saturated rings. The minimum absolute atomic E-state index is 0.0604. The van der Waals surface area contributed by atoms with Crippen molar-refractivity contribution >= 4 is 11.0 Å². The molecular formula is C14H10F3N3O2. The van der Waals surface area contributed by atoms with E-state index in [1.807, 2.05) is 0 Å². The number of aromatic amines is 2. The highest BCUT2D eigenvalue weighted by atomic mass is 19.4. The maximum absolute atomic E-state index is 12.2. The number of imidazole rings is 1. The van der Waals surface area contributed by atoms with E-state index in [2.05, 4.69) is 15.0 Å². The quantitative estimate of drug-likeness (QED) is 0.781. The number of ether oxygens (including phenoxy) is 1. The van der Waals surface area contributed by atoms with Crippen molar-refractivity contribution in [2.24, 2.45) is 0 Å². The first-order valence-electron chi connectivity index (χ1n) is 6.31. The summed E-state index contributed by atoms with van der Waals surface area (Å²) >= 11 is 0. The molecule has 0 atom stereocenters. The molecule has 8 heteroatoms. The fraction of sp³-hybridized carbons (Fsp3) is 0.143.